The lowest BCUT2D eigenvalue weighted by atomic mass is 9.99. The van der Waals surface area contributed by atoms with Gasteiger partial charge >= 0.3 is 0 Å². The molecule has 110 valence electrons. The Morgan fingerprint density at radius 1 is 1.30 bits per heavy atom. The van der Waals surface area contributed by atoms with Gasteiger partial charge in [-0.15, -0.1) is 0 Å². The number of hydrogen-bond acceptors (Lipinski definition) is 3. The molecule has 1 fully saturated rings. The predicted octanol–water partition coefficient (Wildman–Crippen LogP) is 1.87. The highest BCUT2D eigenvalue weighted by atomic mass is 16.2. The van der Waals surface area contributed by atoms with E-state index < -0.39 is 0 Å². The summed E-state index contributed by atoms with van der Waals surface area (Å²) in [6.45, 7) is 9.85. The molecule has 0 saturated carbocycles. The maximum absolute atomic E-state index is 11.5. The van der Waals surface area contributed by atoms with Crippen molar-refractivity contribution in [3.8, 4) is 0 Å². The van der Waals surface area contributed by atoms with Crippen LogP contribution in [0.2, 0.25) is 0 Å². The van der Waals surface area contributed by atoms with Crippen molar-refractivity contribution in [2.75, 3.05) is 13.1 Å². The third-order valence-electron chi connectivity index (χ3n) is 4.49. The maximum Gasteiger partial charge on any atom is 0.241 e. The SMILES string of the molecule is CC(C(=O)NN)c1ccc(CN2CC(C)C(C)C2)cc1. The first-order valence-electron chi connectivity index (χ1n) is 7.33. The van der Waals surface area contributed by atoms with E-state index in [-0.39, 0.29) is 11.8 Å². The molecule has 4 nitrogen and oxygen atoms in total. The van der Waals surface area contributed by atoms with Gasteiger partial charge in [0.05, 0.1) is 5.92 Å². The molecule has 0 radical (unpaired) electrons. The lowest BCUT2D eigenvalue weighted by Gasteiger charge is -2.16. The number of hydrazine groups is 1. The van der Waals surface area contributed by atoms with Crippen LogP contribution < -0.4 is 11.3 Å². The van der Waals surface area contributed by atoms with E-state index in [0.29, 0.717) is 0 Å². The van der Waals surface area contributed by atoms with E-state index >= 15 is 0 Å². The maximum atomic E-state index is 11.5. The fourth-order valence-electron chi connectivity index (χ4n) is 2.82. The van der Waals surface area contributed by atoms with Gasteiger partial charge < -0.3 is 0 Å². The van der Waals surface area contributed by atoms with Gasteiger partial charge in [-0.25, -0.2) is 5.84 Å². The van der Waals surface area contributed by atoms with Crippen molar-refractivity contribution in [3.05, 3.63) is 35.4 Å². The van der Waals surface area contributed by atoms with E-state index in [1.165, 1.54) is 18.7 Å². The van der Waals surface area contributed by atoms with Crippen LogP contribution in [0.15, 0.2) is 24.3 Å². The van der Waals surface area contributed by atoms with Crippen molar-refractivity contribution in [2.45, 2.75) is 33.2 Å². The molecule has 20 heavy (non-hydrogen) atoms. The Bertz CT molecular complexity index is 447. The monoisotopic (exact) mass is 275 g/mol. The topological polar surface area (TPSA) is 58.4 Å². The van der Waals surface area contributed by atoms with Crippen molar-refractivity contribution >= 4 is 5.91 Å². The van der Waals surface area contributed by atoms with E-state index in [4.69, 9.17) is 5.84 Å². The molecule has 1 heterocycles. The van der Waals surface area contributed by atoms with Crippen LogP contribution in [0.3, 0.4) is 0 Å². The molecule has 4 heteroatoms. The summed E-state index contributed by atoms with van der Waals surface area (Å²) in [5.74, 6) is 6.37. The molecule has 1 aromatic rings. The Labute approximate surface area is 121 Å². The number of benzene rings is 1. The van der Waals surface area contributed by atoms with Gasteiger partial charge in [-0.1, -0.05) is 38.1 Å². The molecular formula is C16H25N3O. The van der Waals surface area contributed by atoms with Crippen LogP contribution in [0.25, 0.3) is 0 Å². The van der Waals surface area contributed by atoms with E-state index in [1.807, 2.05) is 19.1 Å². The lowest BCUT2D eigenvalue weighted by molar-refractivity contribution is -0.122. The number of nitrogens with zero attached hydrogens (tertiary/aromatic N) is 1. The first kappa shape index (κ1) is 15.0. The highest BCUT2D eigenvalue weighted by Gasteiger charge is 2.25. The van der Waals surface area contributed by atoms with Crippen molar-refractivity contribution in [1.29, 1.82) is 0 Å². The number of amides is 1. The largest absolute Gasteiger partial charge is 0.299 e. The van der Waals surface area contributed by atoms with Gasteiger partial charge in [-0.05, 0) is 29.9 Å². The van der Waals surface area contributed by atoms with E-state index in [1.54, 1.807) is 0 Å². The normalized spacial score (nSPS) is 24.6. The van der Waals surface area contributed by atoms with Gasteiger partial charge in [0.2, 0.25) is 5.91 Å². The number of nitrogens with two attached hydrogens (primary N) is 1. The Kier molecular flexibility index (Phi) is 4.78. The van der Waals surface area contributed by atoms with Crippen LogP contribution in [0.1, 0.15) is 37.8 Å². The van der Waals surface area contributed by atoms with Gasteiger partial charge in [0.25, 0.3) is 0 Å². The summed E-state index contributed by atoms with van der Waals surface area (Å²) in [6, 6.07) is 8.28. The number of hydrogen-bond donors (Lipinski definition) is 2. The van der Waals surface area contributed by atoms with Gasteiger partial charge in [0.1, 0.15) is 0 Å². The highest BCUT2D eigenvalue weighted by molar-refractivity contribution is 5.82. The van der Waals surface area contributed by atoms with Crippen molar-refractivity contribution < 1.29 is 4.79 Å². The summed E-state index contributed by atoms with van der Waals surface area (Å²) >= 11 is 0. The summed E-state index contributed by atoms with van der Waals surface area (Å²) in [4.78, 5) is 14.0. The van der Waals surface area contributed by atoms with Crippen LogP contribution in [-0.2, 0) is 11.3 Å². The molecule has 0 aromatic heterocycles. The number of nitrogens with one attached hydrogen (secondary N) is 1. The van der Waals surface area contributed by atoms with Crippen LogP contribution in [0.5, 0.6) is 0 Å². The molecule has 3 unspecified atom stereocenters. The van der Waals surface area contributed by atoms with Crippen LogP contribution in [-0.4, -0.2) is 23.9 Å². The van der Waals surface area contributed by atoms with Crippen molar-refractivity contribution in [1.82, 2.24) is 10.3 Å². The highest BCUT2D eigenvalue weighted by Crippen LogP contribution is 2.24. The minimum Gasteiger partial charge on any atom is -0.299 e. The smallest absolute Gasteiger partial charge is 0.241 e. The average Bonchev–Trinajstić information content (AvgIpc) is 2.76. The van der Waals surface area contributed by atoms with Crippen LogP contribution >= 0.6 is 0 Å². The molecular weight excluding hydrogens is 250 g/mol. The fourth-order valence-corrected chi connectivity index (χ4v) is 2.82. The van der Waals surface area contributed by atoms with E-state index in [2.05, 4.69) is 36.3 Å². The summed E-state index contributed by atoms with van der Waals surface area (Å²) in [5.41, 5.74) is 4.50. The number of carbonyl (C=O) groups is 1. The quantitative estimate of drug-likeness (QED) is 0.501. The van der Waals surface area contributed by atoms with Crippen molar-refractivity contribution in [2.24, 2.45) is 17.7 Å². The number of carbonyl (C=O) groups excluding carboxylic acids is 1. The third-order valence-corrected chi connectivity index (χ3v) is 4.49. The minimum absolute atomic E-state index is 0.153. The zero-order chi connectivity index (χ0) is 14.7. The zero-order valence-electron chi connectivity index (χ0n) is 12.6. The van der Waals surface area contributed by atoms with Gasteiger partial charge in [0.15, 0.2) is 0 Å². The summed E-state index contributed by atoms with van der Waals surface area (Å²) in [7, 11) is 0. The van der Waals surface area contributed by atoms with Gasteiger partial charge in [0, 0.05) is 19.6 Å². The molecule has 0 aliphatic carbocycles. The molecule has 0 spiro atoms. The molecule has 1 aliphatic heterocycles. The minimum atomic E-state index is -0.208. The van der Waals surface area contributed by atoms with E-state index in [9.17, 15) is 4.79 Å². The van der Waals surface area contributed by atoms with Crippen LogP contribution in [0, 0.1) is 11.8 Å². The fraction of sp³-hybridized carbons (Fsp3) is 0.562. The zero-order valence-corrected chi connectivity index (χ0v) is 12.6. The Balaban J connectivity index is 1.97. The first-order valence-corrected chi connectivity index (χ1v) is 7.33. The third kappa shape index (κ3) is 3.38. The molecule has 3 N–H and O–H groups in total. The van der Waals surface area contributed by atoms with Gasteiger partial charge in [-0.3, -0.25) is 15.1 Å². The number of rotatable bonds is 4. The second kappa shape index (κ2) is 6.37. The lowest BCUT2D eigenvalue weighted by Crippen LogP contribution is -2.33. The van der Waals surface area contributed by atoms with Crippen molar-refractivity contribution in [3.63, 3.8) is 0 Å². The Morgan fingerprint density at radius 2 is 1.85 bits per heavy atom. The molecule has 1 aliphatic rings. The number of likely N-dealkylation sites (tertiary alicyclic amines) is 1. The predicted molar refractivity (Wildman–Crippen MR) is 80.8 cm³/mol. The van der Waals surface area contributed by atoms with Gasteiger partial charge in [-0.2, -0.15) is 0 Å². The molecule has 1 saturated heterocycles. The molecule has 1 aromatic carbocycles. The molecule has 3 atom stereocenters. The average molecular weight is 275 g/mol. The summed E-state index contributed by atoms with van der Waals surface area (Å²) in [5, 5.41) is 0. The second-order valence-electron chi connectivity index (χ2n) is 6.12. The Hall–Kier alpha value is -1.39. The molecule has 2 rings (SSSR count). The van der Waals surface area contributed by atoms with E-state index in [0.717, 1.165) is 23.9 Å². The second-order valence-corrected chi connectivity index (χ2v) is 6.12. The molecule has 1 amide bonds. The molecule has 0 bridgehead atoms. The standard InChI is InChI=1S/C16H25N3O/c1-11-8-19(9-12(11)2)10-14-4-6-15(7-5-14)13(3)16(20)18-17/h4-7,11-13H,8-10,17H2,1-3H3,(H,18,20). The summed E-state index contributed by atoms with van der Waals surface area (Å²) in [6.07, 6.45) is 0. The summed E-state index contributed by atoms with van der Waals surface area (Å²) < 4.78 is 0. The van der Waals surface area contributed by atoms with Crippen LogP contribution in [0.4, 0.5) is 0 Å². The Morgan fingerprint density at radius 3 is 2.35 bits per heavy atom. The first-order chi connectivity index (χ1) is 9.51.